The normalized spacial score (nSPS) is 12.1. The molecule has 0 radical (unpaired) electrons. The maximum atomic E-state index is 5.72. The molecule has 0 aliphatic carbocycles. The van der Waals surface area contributed by atoms with E-state index in [9.17, 15) is 0 Å². The average molecular weight is 277 g/mol. The van der Waals surface area contributed by atoms with Crippen LogP contribution in [0.3, 0.4) is 0 Å². The Morgan fingerprint density at radius 1 is 0.938 bits per heavy atom. The predicted molar refractivity (Wildman–Crippen MR) is 70.9 cm³/mol. The van der Waals surface area contributed by atoms with E-state index in [1.807, 2.05) is 43.3 Å². The number of hydrogen-bond acceptors (Lipinski definition) is 1. The number of benzene rings is 2. The maximum Gasteiger partial charge on any atom is 0.150 e. The second-order valence-corrected chi connectivity index (χ2v) is 4.81. The smallest absolute Gasteiger partial charge is 0.150 e. The molecule has 0 amide bonds. The van der Waals surface area contributed by atoms with E-state index in [1.165, 1.54) is 5.56 Å². The molecule has 2 aromatic rings. The second-order valence-electron chi connectivity index (χ2n) is 3.52. The number of hydrogen-bond donors (Lipinski definition) is 0. The Morgan fingerprint density at radius 3 is 2.25 bits per heavy atom. The van der Waals surface area contributed by atoms with E-state index in [-0.39, 0.29) is 5.01 Å². The van der Waals surface area contributed by atoms with Crippen LogP contribution >= 0.6 is 15.9 Å². The summed E-state index contributed by atoms with van der Waals surface area (Å²) >= 11 is 3.40. The van der Waals surface area contributed by atoms with Gasteiger partial charge >= 0.3 is 0 Å². The van der Waals surface area contributed by atoms with Gasteiger partial charge in [-0.05, 0) is 34.5 Å². The van der Waals surface area contributed by atoms with Crippen molar-refractivity contribution in [1.29, 1.82) is 0 Å². The minimum Gasteiger partial charge on any atom is -0.479 e. The molecule has 2 aromatic carbocycles. The molecule has 16 heavy (non-hydrogen) atoms. The summed E-state index contributed by atoms with van der Waals surface area (Å²) in [4.78, 5) is 0. The molecule has 0 heterocycles. The van der Waals surface area contributed by atoms with Crippen LogP contribution in [-0.4, -0.2) is 5.01 Å². The first-order valence-electron chi connectivity index (χ1n) is 5.22. The molecule has 2 rings (SSSR count). The highest BCUT2D eigenvalue weighted by Gasteiger charge is 2.06. The number of para-hydroxylation sites is 1. The van der Waals surface area contributed by atoms with Gasteiger partial charge in [0.1, 0.15) is 5.75 Å². The van der Waals surface area contributed by atoms with Gasteiger partial charge in [-0.25, -0.2) is 0 Å². The second kappa shape index (κ2) is 5.17. The van der Waals surface area contributed by atoms with Crippen LogP contribution in [-0.2, 0) is 0 Å². The lowest BCUT2D eigenvalue weighted by atomic mass is 10.1. The first-order valence-corrected chi connectivity index (χ1v) is 6.14. The summed E-state index contributed by atoms with van der Waals surface area (Å²) in [6.07, 6.45) is 0. The van der Waals surface area contributed by atoms with Gasteiger partial charge in [0.2, 0.25) is 0 Å². The Morgan fingerprint density at radius 2 is 1.56 bits per heavy atom. The van der Waals surface area contributed by atoms with Gasteiger partial charge in [0.05, 0.1) is 0 Å². The summed E-state index contributed by atoms with van der Waals surface area (Å²) < 4.78 is 5.72. The zero-order chi connectivity index (χ0) is 11.4. The summed E-state index contributed by atoms with van der Waals surface area (Å²) in [6, 6.07) is 18.3. The van der Waals surface area contributed by atoms with Crippen molar-refractivity contribution < 1.29 is 4.74 Å². The van der Waals surface area contributed by atoms with Crippen LogP contribution in [0.5, 0.6) is 5.75 Å². The lowest BCUT2D eigenvalue weighted by Gasteiger charge is -2.13. The van der Waals surface area contributed by atoms with E-state index in [0.717, 1.165) is 11.3 Å². The number of halogens is 1. The lowest BCUT2D eigenvalue weighted by molar-refractivity contribution is 0.315. The van der Waals surface area contributed by atoms with E-state index in [1.54, 1.807) is 0 Å². The van der Waals surface area contributed by atoms with Crippen LogP contribution in [0.1, 0.15) is 6.92 Å². The Labute approximate surface area is 104 Å². The standard InChI is InChI=1S/C14H13BrO/c1-11(15)16-14-10-6-5-9-13(14)12-7-3-2-4-8-12/h2-11H,1H3. The summed E-state index contributed by atoms with van der Waals surface area (Å²) in [5.41, 5.74) is 2.29. The Hall–Kier alpha value is -1.28. The number of rotatable bonds is 3. The Kier molecular flexibility index (Phi) is 3.62. The summed E-state index contributed by atoms with van der Waals surface area (Å²) in [6.45, 7) is 1.96. The quantitative estimate of drug-likeness (QED) is 0.752. The zero-order valence-electron chi connectivity index (χ0n) is 9.06. The summed E-state index contributed by atoms with van der Waals surface area (Å²) in [5, 5.41) is 0.0114. The molecule has 1 atom stereocenters. The molecule has 0 saturated heterocycles. The molecule has 0 fully saturated rings. The SMILES string of the molecule is CC(Br)Oc1ccccc1-c1ccccc1. The van der Waals surface area contributed by atoms with Crippen molar-refractivity contribution in [2.45, 2.75) is 11.9 Å². The van der Waals surface area contributed by atoms with Gasteiger partial charge in [0, 0.05) is 5.56 Å². The average Bonchev–Trinajstić information content (AvgIpc) is 2.30. The highest BCUT2D eigenvalue weighted by molar-refractivity contribution is 9.09. The van der Waals surface area contributed by atoms with Crippen molar-refractivity contribution in [1.82, 2.24) is 0 Å². The molecule has 0 aliphatic heterocycles. The molecule has 0 N–H and O–H groups in total. The Bertz CT molecular complexity index is 451. The van der Waals surface area contributed by atoms with Crippen LogP contribution in [0, 0.1) is 0 Å². The van der Waals surface area contributed by atoms with Gasteiger partial charge in [-0.3, -0.25) is 0 Å². The number of ether oxygens (including phenoxy) is 1. The first kappa shape index (κ1) is 11.2. The highest BCUT2D eigenvalue weighted by atomic mass is 79.9. The van der Waals surface area contributed by atoms with Crippen LogP contribution in [0.2, 0.25) is 0 Å². The van der Waals surface area contributed by atoms with Crippen molar-refractivity contribution in [3.63, 3.8) is 0 Å². The monoisotopic (exact) mass is 276 g/mol. The molecule has 0 aliphatic rings. The van der Waals surface area contributed by atoms with Gasteiger partial charge < -0.3 is 4.74 Å². The lowest BCUT2D eigenvalue weighted by Crippen LogP contribution is -2.02. The van der Waals surface area contributed by atoms with Gasteiger partial charge in [0.25, 0.3) is 0 Å². The predicted octanol–water partition coefficient (Wildman–Crippen LogP) is 4.47. The first-order chi connectivity index (χ1) is 7.77. The molecule has 1 unspecified atom stereocenters. The highest BCUT2D eigenvalue weighted by Crippen LogP contribution is 2.30. The van der Waals surface area contributed by atoms with Crippen molar-refractivity contribution in [3.05, 3.63) is 54.6 Å². The number of alkyl halides is 1. The van der Waals surface area contributed by atoms with Crippen molar-refractivity contribution >= 4 is 15.9 Å². The Balaban J connectivity index is 2.41. The topological polar surface area (TPSA) is 9.23 Å². The van der Waals surface area contributed by atoms with Gasteiger partial charge in [-0.1, -0.05) is 48.5 Å². The maximum absolute atomic E-state index is 5.72. The summed E-state index contributed by atoms with van der Waals surface area (Å²) in [7, 11) is 0. The van der Waals surface area contributed by atoms with Crippen LogP contribution in [0.4, 0.5) is 0 Å². The zero-order valence-corrected chi connectivity index (χ0v) is 10.6. The van der Waals surface area contributed by atoms with Crippen LogP contribution in [0.25, 0.3) is 11.1 Å². The van der Waals surface area contributed by atoms with E-state index < -0.39 is 0 Å². The molecular formula is C14H13BrO. The van der Waals surface area contributed by atoms with Gasteiger partial charge in [-0.15, -0.1) is 0 Å². The fourth-order valence-electron chi connectivity index (χ4n) is 1.60. The largest absolute Gasteiger partial charge is 0.479 e. The van der Waals surface area contributed by atoms with Crippen molar-refractivity contribution in [2.75, 3.05) is 0 Å². The fraction of sp³-hybridized carbons (Fsp3) is 0.143. The molecule has 0 bridgehead atoms. The van der Waals surface area contributed by atoms with E-state index in [4.69, 9.17) is 4.74 Å². The van der Waals surface area contributed by atoms with E-state index >= 15 is 0 Å². The van der Waals surface area contributed by atoms with Crippen LogP contribution < -0.4 is 4.74 Å². The molecule has 2 heteroatoms. The van der Waals surface area contributed by atoms with Crippen molar-refractivity contribution in [3.8, 4) is 16.9 Å². The molecule has 1 nitrogen and oxygen atoms in total. The minimum absolute atomic E-state index is 0.0114. The molecule has 0 spiro atoms. The molecule has 0 aromatic heterocycles. The third-order valence-electron chi connectivity index (χ3n) is 2.26. The minimum atomic E-state index is 0.0114. The van der Waals surface area contributed by atoms with Gasteiger partial charge in [-0.2, -0.15) is 0 Å². The van der Waals surface area contributed by atoms with E-state index in [0.29, 0.717) is 0 Å². The molecule has 0 saturated carbocycles. The molecular weight excluding hydrogens is 264 g/mol. The summed E-state index contributed by atoms with van der Waals surface area (Å²) in [5.74, 6) is 0.901. The third-order valence-corrected chi connectivity index (χ3v) is 2.45. The van der Waals surface area contributed by atoms with Gasteiger partial charge in [0.15, 0.2) is 5.01 Å². The van der Waals surface area contributed by atoms with Crippen LogP contribution in [0.15, 0.2) is 54.6 Å². The van der Waals surface area contributed by atoms with E-state index in [2.05, 4.69) is 34.1 Å². The third kappa shape index (κ3) is 2.64. The van der Waals surface area contributed by atoms with Crippen molar-refractivity contribution in [2.24, 2.45) is 0 Å². The fourth-order valence-corrected chi connectivity index (χ4v) is 1.80. The molecule has 82 valence electrons.